The SMILES string of the molecule is CCNC(=NCc1ccccc1[N+](=O)[O-])NCC(OC)C(C)(C)C. The van der Waals surface area contributed by atoms with Crippen molar-refractivity contribution in [1.82, 2.24) is 10.6 Å². The maximum absolute atomic E-state index is 11.1. The second kappa shape index (κ2) is 9.22. The van der Waals surface area contributed by atoms with Crippen molar-refractivity contribution >= 4 is 11.6 Å². The van der Waals surface area contributed by atoms with Gasteiger partial charge in [-0.2, -0.15) is 0 Å². The van der Waals surface area contributed by atoms with Crippen LogP contribution in [0.3, 0.4) is 0 Å². The fourth-order valence-corrected chi connectivity index (χ4v) is 2.26. The van der Waals surface area contributed by atoms with Crippen molar-refractivity contribution in [3.63, 3.8) is 0 Å². The number of aliphatic imine (C=N–C) groups is 1. The molecule has 0 aromatic heterocycles. The average molecular weight is 336 g/mol. The quantitative estimate of drug-likeness (QED) is 0.346. The van der Waals surface area contributed by atoms with Crippen LogP contribution in [0.15, 0.2) is 29.3 Å². The minimum Gasteiger partial charge on any atom is -0.379 e. The first kappa shape index (κ1) is 19.9. The van der Waals surface area contributed by atoms with Gasteiger partial charge in [0.05, 0.1) is 23.1 Å². The summed E-state index contributed by atoms with van der Waals surface area (Å²) in [6, 6.07) is 6.64. The molecule has 0 fully saturated rings. The number of hydrogen-bond acceptors (Lipinski definition) is 4. The Morgan fingerprint density at radius 2 is 2.00 bits per heavy atom. The summed E-state index contributed by atoms with van der Waals surface area (Å²) in [6.45, 7) is 9.85. The second-order valence-electron chi connectivity index (χ2n) is 6.55. The average Bonchev–Trinajstić information content (AvgIpc) is 2.51. The number of guanidine groups is 1. The Hall–Kier alpha value is -2.15. The highest BCUT2D eigenvalue weighted by molar-refractivity contribution is 5.79. The monoisotopic (exact) mass is 336 g/mol. The van der Waals surface area contributed by atoms with Crippen LogP contribution in [0, 0.1) is 15.5 Å². The Labute approximate surface area is 143 Å². The van der Waals surface area contributed by atoms with Gasteiger partial charge in [-0.15, -0.1) is 0 Å². The highest BCUT2D eigenvalue weighted by Gasteiger charge is 2.24. The van der Waals surface area contributed by atoms with Gasteiger partial charge in [-0.3, -0.25) is 10.1 Å². The van der Waals surface area contributed by atoms with Crippen molar-refractivity contribution in [2.75, 3.05) is 20.2 Å². The Morgan fingerprint density at radius 3 is 2.54 bits per heavy atom. The third-order valence-electron chi connectivity index (χ3n) is 3.65. The van der Waals surface area contributed by atoms with Crippen molar-refractivity contribution in [3.8, 4) is 0 Å². The van der Waals surface area contributed by atoms with Gasteiger partial charge in [-0.05, 0) is 12.3 Å². The van der Waals surface area contributed by atoms with Gasteiger partial charge in [0.15, 0.2) is 5.96 Å². The predicted octanol–water partition coefficient (Wildman–Crippen LogP) is 2.71. The van der Waals surface area contributed by atoms with Crippen molar-refractivity contribution in [2.45, 2.75) is 40.3 Å². The first-order valence-corrected chi connectivity index (χ1v) is 8.06. The number of rotatable bonds is 7. The fraction of sp³-hybridized carbons (Fsp3) is 0.588. The van der Waals surface area contributed by atoms with E-state index in [1.807, 2.05) is 6.92 Å². The minimum absolute atomic E-state index is 0.00269. The molecule has 0 heterocycles. The van der Waals surface area contributed by atoms with Crippen LogP contribution >= 0.6 is 0 Å². The fourth-order valence-electron chi connectivity index (χ4n) is 2.26. The van der Waals surface area contributed by atoms with E-state index in [2.05, 4.69) is 36.4 Å². The number of benzene rings is 1. The molecule has 0 aliphatic heterocycles. The van der Waals surface area contributed by atoms with Crippen LogP contribution in [0.5, 0.6) is 0 Å². The number of nitro benzene ring substituents is 1. The molecule has 1 aromatic carbocycles. The van der Waals surface area contributed by atoms with Gasteiger partial charge in [0, 0.05) is 26.3 Å². The number of nitro groups is 1. The van der Waals surface area contributed by atoms with Gasteiger partial charge in [-0.1, -0.05) is 39.0 Å². The Balaban J connectivity index is 2.81. The van der Waals surface area contributed by atoms with Crippen molar-refractivity contribution in [2.24, 2.45) is 10.4 Å². The molecule has 1 unspecified atom stereocenters. The van der Waals surface area contributed by atoms with Crippen LogP contribution in [0.2, 0.25) is 0 Å². The minimum atomic E-state index is -0.383. The smallest absolute Gasteiger partial charge is 0.274 e. The highest BCUT2D eigenvalue weighted by atomic mass is 16.6. The molecule has 0 radical (unpaired) electrons. The summed E-state index contributed by atoms with van der Waals surface area (Å²) in [5.74, 6) is 0.613. The zero-order valence-electron chi connectivity index (χ0n) is 15.1. The number of nitrogens with zero attached hydrogens (tertiary/aromatic N) is 2. The third kappa shape index (κ3) is 6.16. The topological polar surface area (TPSA) is 88.8 Å². The first-order chi connectivity index (χ1) is 11.3. The number of nitrogens with one attached hydrogen (secondary N) is 2. The predicted molar refractivity (Wildman–Crippen MR) is 96.2 cm³/mol. The van der Waals surface area contributed by atoms with E-state index in [1.165, 1.54) is 6.07 Å². The molecule has 7 nitrogen and oxygen atoms in total. The molecule has 0 aliphatic carbocycles. The molecule has 1 atom stereocenters. The molecule has 0 bridgehead atoms. The van der Waals surface area contributed by atoms with Crippen LogP contribution in [-0.4, -0.2) is 37.2 Å². The van der Waals surface area contributed by atoms with Crippen LogP contribution in [0.25, 0.3) is 0 Å². The van der Waals surface area contributed by atoms with E-state index < -0.39 is 0 Å². The van der Waals surface area contributed by atoms with Gasteiger partial charge >= 0.3 is 0 Å². The summed E-state index contributed by atoms with van der Waals surface area (Å²) in [6.07, 6.45) is 0.0208. The lowest BCUT2D eigenvalue weighted by Gasteiger charge is -2.30. The van der Waals surface area contributed by atoms with Crippen molar-refractivity contribution in [1.29, 1.82) is 0 Å². The Kier molecular flexibility index (Phi) is 7.64. The summed E-state index contributed by atoms with van der Waals surface area (Å²) >= 11 is 0. The van der Waals surface area contributed by atoms with Gasteiger partial charge in [0.2, 0.25) is 0 Å². The van der Waals surface area contributed by atoms with Crippen molar-refractivity contribution < 1.29 is 9.66 Å². The normalized spacial score (nSPS) is 13.5. The van der Waals surface area contributed by atoms with Crippen LogP contribution < -0.4 is 10.6 Å². The molecular weight excluding hydrogens is 308 g/mol. The molecule has 0 saturated heterocycles. The van der Waals surface area contributed by atoms with E-state index in [1.54, 1.807) is 25.3 Å². The molecule has 1 aromatic rings. The highest BCUT2D eigenvalue weighted by Crippen LogP contribution is 2.21. The number of methoxy groups -OCH3 is 1. The molecule has 0 amide bonds. The first-order valence-electron chi connectivity index (χ1n) is 8.06. The second-order valence-corrected chi connectivity index (χ2v) is 6.55. The van der Waals surface area contributed by atoms with E-state index in [0.29, 0.717) is 24.6 Å². The Morgan fingerprint density at radius 1 is 1.33 bits per heavy atom. The molecule has 2 N–H and O–H groups in total. The summed E-state index contributed by atoms with van der Waals surface area (Å²) in [7, 11) is 1.69. The molecular formula is C17H28N4O3. The lowest BCUT2D eigenvalue weighted by molar-refractivity contribution is -0.385. The summed E-state index contributed by atoms with van der Waals surface area (Å²) in [5.41, 5.74) is 0.664. The van der Waals surface area contributed by atoms with E-state index >= 15 is 0 Å². The zero-order valence-corrected chi connectivity index (χ0v) is 15.1. The van der Waals surface area contributed by atoms with Gasteiger partial charge in [0.1, 0.15) is 0 Å². The van der Waals surface area contributed by atoms with Gasteiger partial charge in [-0.25, -0.2) is 4.99 Å². The van der Waals surface area contributed by atoms with Gasteiger partial charge in [0.25, 0.3) is 5.69 Å². The molecule has 0 aliphatic rings. The van der Waals surface area contributed by atoms with E-state index in [-0.39, 0.29) is 28.7 Å². The van der Waals surface area contributed by atoms with Gasteiger partial charge < -0.3 is 15.4 Å². The molecule has 24 heavy (non-hydrogen) atoms. The Bertz CT molecular complexity index is 567. The molecule has 0 saturated carbocycles. The number of ether oxygens (including phenoxy) is 1. The largest absolute Gasteiger partial charge is 0.379 e. The van der Waals surface area contributed by atoms with E-state index in [9.17, 15) is 10.1 Å². The molecule has 134 valence electrons. The lowest BCUT2D eigenvalue weighted by atomic mass is 9.89. The summed E-state index contributed by atoms with van der Waals surface area (Å²) < 4.78 is 5.52. The van der Waals surface area contributed by atoms with Crippen molar-refractivity contribution in [3.05, 3.63) is 39.9 Å². The van der Waals surface area contributed by atoms with Crippen LogP contribution in [-0.2, 0) is 11.3 Å². The van der Waals surface area contributed by atoms with Crippen LogP contribution in [0.4, 0.5) is 5.69 Å². The maximum Gasteiger partial charge on any atom is 0.274 e. The molecule has 0 spiro atoms. The lowest BCUT2D eigenvalue weighted by Crippen LogP contribution is -2.45. The van der Waals surface area contributed by atoms with E-state index in [0.717, 1.165) is 0 Å². The zero-order chi connectivity index (χ0) is 18.2. The maximum atomic E-state index is 11.1. The summed E-state index contributed by atoms with van der Waals surface area (Å²) in [4.78, 5) is 15.1. The summed E-state index contributed by atoms with van der Waals surface area (Å²) in [5, 5.41) is 17.5. The standard InChI is InChI=1S/C17H28N4O3/c1-6-18-16(20-12-15(24-5)17(2,3)4)19-11-13-9-7-8-10-14(13)21(22)23/h7-10,15H,6,11-12H2,1-5H3,(H2,18,19,20). The molecule has 1 rings (SSSR count). The third-order valence-corrected chi connectivity index (χ3v) is 3.65. The van der Waals surface area contributed by atoms with Crippen LogP contribution in [0.1, 0.15) is 33.3 Å². The molecule has 7 heteroatoms. The number of hydrogen-bond donors (Lipinski definition) is 2. The number of para-hydroxylation sites is 1. The van der Waals surface area contributed by atoms with E-state index in [4.69, 9.17) is 4.74 Å².